The summed E-state index contributed by atoms with van der Waals surface area (Å²) in [7, 11) is 4.36. The molecule has 0 rings (SSSR count). The van der Waals surface area contributed by atoms with Gasteiger partial charge in [0.05, 0.1) is 0 Å². The second kappa shape index (κ2) is 10.4. The summed E-state index contributed by atoms with van der Waals surface area (Å²) in [5.74, 6) is 0. The van der Waals surface area contributed by atoms with Crippen LogP contribution in [0.15, 0.2) is 0 Å². The minimum atomic E-state index is -0.992. The molecule has 0 radical (unpaired) electrons. The fourth-order valence-corrected chi connectivity index (χ4v) is 11.7. The number of rotatable bonds is 9. The summed E-state index contributed by atoms with van der Waals surface area (Å²) >= 11 is -0.992. The van der Waals surface area contributed by atoms with Gasteiger partial charge in [0, 0.05) is 0 Å². The van der Waals surface area contributed by atoms with E-state index in [1.165, 1.54) is 32.2 Å². The van der Waals surface area contributed by atoms with Crippen LogP contribution in [0.5, 0.6) is 0 Å². The van der Waals surface area contributed by atoms with E-state index in [1.807, 2.05) is 0 Å². The van der Waals surface area contributed by atoms with Gasteiger partial charge in [-0.05, 0) is 0 Å². The van der Waals surface area contributed by atoms with Crippen molar-refractivity contribution in [2.24, 2.45) is 0 Å². The second-order valence-electron chi connectivity index (χ2n) is 4.74. The Morgan fingerprint density at radius 3 is 1.86 bits per heavy atom. The number of hydrogen-bond donors (Lipinski definition) is 0. The van der Waals surface area contributed by atoms with Gasteiger partial charge in [-0.2, -0.15) is 0 Å². The van der Waals surface area contributed by atoms with Gasteiger partial charge in [0.25, 0.3) is 0 Å². The molecule has 2 heteroatoms. The molecule has 0 heterocycles. The van der Waals surface area contributed by atoms with Crippen LogP contribution in [0, 0.1) is 0 Å². The molecule has 0 unspecified atom stereocenters. The van der Waals surface area contributed by atoms with Gasteiger partial charge in [-0.25, -0.2) is 0 Å². The number of nitrogens with zero attached hydrogens (tertiary/aromatic N) is 1. The summed E-state index contributed by atoms with van der Waals surface area (Å²) < 4.78 is 4.96. The first-order chi connectivity index (χ1) is 6.70. The van der Waals surface area contributed by atoms with E-state index in [2.05, 4.69) is 32.8 Å². The second-order valence-corrected chi connectivity index (χ2v) is 14.6. The monoisotopic (exact) mass is 301 g/mol. The molecule has 0 bridgehead atoms. The van der Waals surface area contributed by atoms with Crippen molar-refractivity contribution < 1.29 is 0 Å². The van der Waals surface area contributed by atoms with E-state index in [9.17, 15) is 0 Å². The molecule has 14 heavy (non-hydrogen) atoms. The van der Waals surface area contributed by atoms with Crippen molar-refractivity contribution in [3.63, 3.8) is 0 Å². The normalized spacial score (nSPS) is 10.9. The predicted octanol–water partition coefficient (Wildman–Crippen LogP) is 3.64. The number of unbranched alkanes of at least 4 members (excludes halogenated alkanes) is 1. The average Bonchev–Trinajstić information content (AvgIpc) is 2.12. The molecule has 0 aliphatic heterocycles. The zero-order chi connectivity index (χ0) is 10.8. The van der Waals surface area contributed by atoms with Crippen molar-refractivity contribution in [1.29, 1.82) is 0 Å². The molecule has 0 fully saturated rings. The van der Waals surface area contributed by atoms with Gasteiger partial charge >= 0.3 is 99.0 Å². The van der Waals surface area contributed by atoms with E-state index < -0.39 is 21.4 Å². The molecule has 0 spiro atoms. The molecule has 0 aromatic heterocycles. The first-order valence-corrected chi connectivity index (χ1v) is 13.3. The van der Waals surface area contributed by atoms with Crippen LogP contribution in [0.4, 0.5) is 0 Å². The topological polar surface area (TPSA) is 3.24 Å². The van der Waals surface area contributed by atoms with E-state index in [0.717, 1.165) is 0 Å². The Kier molecular flexibility index (Phi) is 11.0. The Labute approximate surface area is 98.8 Å². The molecule has 0 saturated heterocycles. The maximum atomic E-state index is 2.36. The van der Waals surface area contributed by atoms with Crippen molar-refractivity contribution >= 4 is 21.4 Å². The third kappa shape index (κ3) is 9.39. The molecule has 0 aliphatic rings. The molecule has 84 valence electrons. The maximum absolute atomic E-state index is 2.36. The summed E-state index contributed by atoms with van der Waals surface area (Å²) in [6, 6.07) is 0. The number of hydrogen-bond acceptors (Lipinski definition) is 1. The molecule has 0 atom stereocenters. The molecular formula is C12H28InN. The molecule has 0 aromatic carbocycles. The summed E-state index contributed by atoms with van der Waals surface area (Å²) in [6.45, 7) is 6.01. The Bertz CT molecular complexity index is 109. The Morgan fingerprint density at radius 2 is 1.43 bits per heavy atom. The molecular weight excluding hydrogens is 273 g/mol. The minimum absolute atomic E-state index is 0.992. The predicted molar refractivity (Wildman–Crippen MR) is 68.5 cm³/mol. The van der Waals surface area contributed by atoms with Crippen molar-refractivity contribution in [2.45, 2.75) is 52.1 Å². The zero-order valence-corrected chi connectivity index (χ0v) is 14.0. The van der Waals surface area contributed by atoms with Gasteiger partial charge < -0.3 is 0 Å². The van der Waals surface area contributed by atoms with Crippen LogP contribution in [0.3, 0.4) is 0 Å². The fourth-order valence-electron chi connectivity index (χ4n) is 2.11. The van der Waals surface area contributed by atoms with E-state index in [4.69, 9.17) is 0 Å². The summed E-state index contributed by atoms with van der Waals surface area (Å²) in [5, 5.41) is 0. The third-order valence-electron chi connectivity index (χ3n) is 2.86. The molecule has 0 saturated carbocycles. The van der Waals surface area contributed by atoms with Crippen molar-refractivity contribution in [2.75, 3.05) is 20.6 Å². The van der Waals surface area contributed by atoms with Crippen molar-refractivity contribution in [3.05, 3.63) is 0 Å². The van der Waals surface area contributed by atoms with Gasteiger partial charge in [0.2, 0.25) is 0 Å². The Morgan fingerprint density at radius 1 is 0.857 bits per heavy atom. The summed E-state index contributed by atoms with van der Waals surface area (Å²) in [6.07, 6.45) is 5.84. The van der Waals surface area contributed by atoms with Crippen LogP contribution in [0.25, 0.3) is 0 Å². The van der Waals surface area contributed by atoms with Crippen LogP contribution < -0.4 is 0 Å². The van der Waals surface area contributed by atoms with Gasteiger partial charge in [0.1, 0.15) is 0 Å². The van der Waals surface area contributed by atoms with Crippen LogP contribution in [0.1, 0.15) is 39.5 Å². The van der Waals surface area contributed by atoms with E-state index in [1.54, 1.807) is 12.5 Å². The van der Waals surface area contributed by atoms with E-state index >= 15 is 0 Å². The first-order valence-electron chi connectivity index (χ1n) is 6.35. The zero-order valence-electron chi connectivity index (χ0n) is 10.7. The van der Waals surface area contributed by atoms with E-state index in [-0.39, 0.29) is 0 Å². The molecule has 1 nitrogen and oxygen atoms in total. The van der Waals surface area contributed by atoms with E-state index in [0.29, 0.717) is 0 Å². The first kappa shape index (κ1) is 14.8. The molecule has 0 N–H and O–H groups in total. The quantitative estimate of drug-likeness (QED) is 0.588. The van der Waals surface area contributed by atoms with Crippen LogP contribution in [-0.4, -0.2) is 47.0 Å². The fraction of sp³-hybridized carbons (Fsp3) is 1.00. The van der Waals surface area contributed by atoms with Crippen LogP contribution in [0.2, 0.25) is 12.5 Å². The summed E-state index contributed by atoms with van der Waals surface area (Å²) in [5.41, 5.74) is 0. The van der Waals surface area contributed by atoms with Crippen molar-refractivity contribution in [1.82, 2.24) is 4.90 Å². The average molecular weight is 301 g/mol. The Balaban J connectivity index is 3.40. The summed E-state index contributed by atoms with van der Waals surface area (Å²) in [4.78, 5) is 2.31. The Hall–Kier alpha value is 0.830. The molecule has 0 amide bonds. The van der Waals surface area contributed by atoms with Crippen molar-refractivity contribution in [3.8, 4) is 0 Å². The molecule has 0 aromatic rings. The van der Waals surface area contributed by atoms with Gasteiger partial charge in [-0.1, -0.05) is 0 Å². The van der Waals surface area contributed by atoms with Gasteiger partial charge in [-0.3, -0.25) is 0 Å². The van der Waals surface area contributed by atoms with Gasteiger partial charge in [-0.15, -0.1) is 0 Å². The van der Waals surface area contributed by atoms with Crippen LogP contribution in [-0.2, 0) is 0 Å². The standard InChI is InChI=1S/C6H14N.2C3H7.In/c1-4-5-6-7(2)3;2*1-3-2;/h1,4-6H2,2-3H3;2*1,3H2,2H3;. The van der Waals surface area contributed by atoms with Gasteiger partial charge in [0.15, 0.2) is 0 Å². The SMILES string of the molecule is CC[CH2][In]([CH2]CC)[CH2]CCCN(C)C. The molecule has 0 aliphatic carbocycles. The van der Waals surface area contributed by atoms with Crippen LogP contribution >= 0.6 is 0 Å². The third-order valence-corrected chi connectivity index (χ3v) is 14.3.